The molecule has 0 saturated carbocycles. The Hall–Kier alpha value is -4.55. The van der Waals surface area contributed by atoms with Gasteiger partial charge in [0.15, 0.2) is 0 Å². The fourth-order valence-electron chi connectivity index (χ4n) is 6.57. The zero-order valence-corrected chi connectivity index (χ0v) is 32.0. The molecule has 0 unspecified atom stereocenters. The first-order chi connectivity index (χ1) is 26.2. The third-order valence-electron chi connectivity index (χ3n) is 9.48. The molecule has 1 fully saturated rings. The number of ether oxygens (including phenoxy) is 2. The lowest BCUT2D eigenvalue weighted by molar-refractivity contribution is -0.140. The van der Waals surface area contributed by atoms with Crippen LogP contribution in [0.3, 0.4) is 0 Å². The minimum absolute atomic E-state index is 0.0452. The average molecular weight is 818 g/mol. The van der Waals surface area contributed by atoms with Crippen LogP contribution >= 0.6 is 27.5 Å². The monoisotopic (exact) mass is 816 g/mol. The number of aryl methyl sites for hydroxylation is 1. The van der Waals surface area contributed by atoms with Gasteiger partial charge in [0.05, 0.1) is 35.0 Å². The van der Waals surface area contributed by atoms with Gasteiger partial charge in [-0.2, -0.15) is 10.4 Å². The third kappa shape index (κ3) is 9.75. The Balaban J connectivity index is 1.16. The minimum Gasteiger partial charge on any atom is -0.488 e. The maximum absolute atomic E-state index is 11.5. The molecule has 5 aromatic rings. The highest BCUT2D eigenvalue weighted by Gasteiger charge is 2.20. The van der Waals surface area contributed by atoms with Gasteiger partial charge in [0.1, 0.15) is 36.8 Å². The molecule has 1 saturated heterocycles. The van der Waals surface area contributed by atoms with Crippen molar-refractivity contribution < 1.29 is 29.6 Å². The Morgan fingerprint density at radius 1 is 1.02 bits per heavy atom. The van der Waals surface area contributed by atoms with E-state index in [0.29, 0.717) is 33.2 Å². The molecule has 12 nitrogen and oxygen atoms in total. The number of carboxylic acids is 1. The fraction of sp³-hybridized carbons (Fsp3) is 0.350. The number of hydrogen-bond acceptors (Lipinski definition) is 10. The molecule has 6 rings (SSSR count). The van der Waals surface area contributed by atoms with E-state index in [9.17, 15) is 25.4 Å². The van der Waals surface area contributed by atoms with Gasteiger partial charge in [-0.25, -0.2) is 0 Å². The molecule has 1 aliphatic rings. The summed E-state index contributed by atoms with van der Waals surface area (Å²) in [4.78, 5) is 17.9. The fourth-order valence-corrected chi connectivity index (χ4v) is 7.40. The SMILES string of the molecule is N#Cc1cncc(COc2cc(OCc3cccc(-c4cccc5c4cnn5CCCCCN4CC[C@@H](O)C4)c3Br)c(Cl)cc2CN[C@@H](CO)C(=O)O)c1. The van der Waals surface area contributed by atoms with Crippen molar-refractivity contribution in [2.75, 3.05) is 26.2 Å². The molecule has 0 amide bonds. The number of carbonyl (C=O) groups is 1. The van der Waals surface area contributed by atoms with Gasteiger partial charge >= 0.3 is 5.97 Å². The topological polar surface area (TPSA) is 166 Å². The van der Waals surface area contributed by atoms with Crippen molar-refractivity contribution in [3.63, 3.8) is 0 Å². The number of nitriles is 1. The van der Waals surface area contributed by atoms with E-state index < -0.39 is 18.6 Å². The van der Waals surface area contributed by atoms with E-state index in [1.165, 1.54) is 6.20 Å². The predicted octanol–water partition coefficient (Wildman–Crippen LogP) is 6.32. The quantitative estimate of drug-likeness (QED) is 0.0732. The molecular weight excluding hydrogens is 776 g/mol. The van der Waals surface area contributed by atoms with Gasteiger partial charge in [-0.15, -0.1) is 0 Å². The van der Waals surface area contributed by atoms with Crippen LogP contribution in [-0.2, 0) is 31.1 Å². The maximum Gasteiger partial charge on any atom is 0.323 e. The normalized spacial score (nSPS) is 15.0. The average Bonchev–Trinajstić information content (AvgIpc) is 3.80. The summed E-state index contributed by atoms with van der Waals surface area (Å²) in [6, 6.07) is 18.1. The number of rotatable bonds is 18. The molecule has 3 aromatic carbocycles. The lowest BCUT2D eigenvalue weighted by Gasteiger charge is -2.18. The van der Waals surface area contributed by atoms with Crippen LogP contribution in [-0.4, -0.2) is 79.3 Å². The summed E-state index contributed by atoms with van der Waals surface area (Å²) in [5.74, 6) is -0.450. The number of benzene rings is 3. The first-order valence-corrected chi connectivity index (χ1v) is 19.0. The molecule has 0 spiro atoms. The molecule has 0 bridgehead atoms. The predicted molar refractivity (Wildman–Crippen MR) is 208 cm³/mol. The Labute approximate surface area is 327 Å². The number of pyridine rings is 1. The first kappa shape index (κ1) is 39.2. The number of aliphatic carboxylic acids is 1. The molecule has 4 N–H and O–H groups in total. The van der Waals surface area contributed by atoms with Gasteiger partial charge in [-0.3, -0.25) is 19.8 Å². The van der Waals surface area contributed by atoms with E-state index in [1.54, 1.807) is 24.4 Å². The van der Waals surface area contributed by atoms with Gasteiger partial charge < -0.3 is 29.7 Å². The summed E-state index contributed by atoms with van der Waals surface area (Å²) in [6.45, 7) is 3.33. The number of β-amino-alcohol motifs (C(OH)–C–C–N with tert-alkyl or cyclic N) is 1. The number of aliphatic hydroxyl groups excluding tert-OH is 2. The molecule has 2 aromatic heterocycles. The van der Waals surface area contributed by atoms with E-state index in [4.69, 9.17) is 26.2 Å². The molecule has 0 aliphatic carbocycles. The van der Waals surface area contributed by atoms with Crippen molar-refractivity contribution >= 4 is 44.4 Å². The number of nitrogens with one attached hydrogen (secondary N) is 1. The van der Waals surface area contributed by atoms with Gasteiger partial charge in [-0.1, -0.05) is 48.4 Å². The molecule has 14 heteroatoms. The van der Waals surface area contributed by atoms with Crippen LogP contribution in [0.15, 0.2) is 77.7 Å². The minimum atomic E-state index is -1.19. The van der Waals surface area contributed by atoms with Crippen LogP contribution in [0.25, 0.3) is 22.0 Å². The smallest absolute Gasteiger partial charge is 0.323 e. The summed E-state index contributed by atoms with van der Waals surface area (Å²) in [6.07, 6.45) is 8.91. The Morgan fingerprint density at radius 2 is 1.81 bits per heavy atom. The Kier molecular flexibility index (Phi) is 13.5. The summed E-state index contributed by atoms with van der Waals surface area (Å²) in [7, 11) is 0. The van der Waals surface area contributed by atoms with E-state index in [-0.39, 0.29) is 25.9 Å². The molecule has 282 valence electrons. The van der Waals surface area contributed by atoms with E-state index in [0.717, 1.165) is 83.9 Å². The van der Waals surface area contributed by atoms with Crippen LogP contribution < -0.4 is 14.8 Å². The molecule has 1 aliphatic heterocycles. The molecule has 0 radical (unpaired) electrons. The van der Waals surface area contributed by atoms with Gasteiger partial charge in [0.25, 0.3) is 0 Å². The number of nitrogens with zero attached hydrogens (tertiary/aromatic N) is 5. The second-order valence-corrected chi connectivity index (χ2v) is 14.5. The number of fused-ring (bicyclic) bond motifs is 1. The lowest BCUT2D eigenvalue weighted by atomic mass is 10.00. The van der Waals surface area contributed by atoms with Crippen molar-refractivity contribution in [2.45, 2.75) is 64.1 Å². The highest BCUT2D eigenvalue weighted by atomic mass is 79.9. The number of aliphatic hydroxyl groups is 2. The van der Waals surface area contributed by atoms with Crippen LogP contribution in [0, 0.1) is 11.3 Å². The van der Waals surface area contributed by atoms with Crippen molar-refractivity contribution in [3.05, 3.63) is 105 Å². The number of hydrogen-bond donors (Lipinski definition) is 4. The summed E-state index contributed by atoms with van der Waals surface area (Å²) in [5.41, 5.74) is 5.61. The zero-order valence-electron chi connectivity index (χ0n) is 29.6. The van der Waals surface area contributed by atoms with Crippen LogP contribution in [0.5, 0.6) is 11.5 Å². The standard InChI is InChI=1S/C40H42BrClN6O6/c41-39-28(6-4-8-32(39)31-7-5-9-36-33(31)21-46-48(36)12-3-1-2-11-47-13-10-30(50)22-47)25-54-38-16-37(53-24-27-14-26(17-43)18-44-19-27)29(15-34(38)42)20-45-35(23-49)40(51)52/h4-9,14-16,18-19,21,30,35,45,49-50H,1-3,10-13,20,22-25H2,(H,51,52)/t30-,35+/m1/s1. The van der Waals surface area contributed by atoms with Crippen molar-refractivity contribution in [1.29, 1.82) is 5.26 Å². The van der Waals surface area contributed by atoms with Gasteiger partial charge in [-0.05, 0) is 71.1 Å². The van der Waals surface area contributed by atoms with Crippen molar-refractivity contribution in [3.8, 4) is 28.7 Å². The summed E-state index contributed by atoms with van der Waals surface area (Å²) in [5, 5.41) is 46.9. The van der Waals surface area contributed by atoms with Gasteiger partial charge in [0, 0.05) is 71.2 Å². The number of unbranched alkanes of at least 4 members (excludes halogenated alkanes) is 2. The maximum atomic E-state index is 11.5. The van der Waals surface area contributed by atoms with Crippen LogP contribution in [0.2, 0.25) is 5.02 Å². The number of likely N-dealkylation sites (tertiary alicyclic amines) is 1. The summed E-state index contributed by atoms with van der Waals surface area (Å²) >= 11 is 10.6. The van der Waals surface area contributed by atoms with E-state index >= 15 is 0 Å². The molecule has 54 heavy (non-hydrogen) atoms. The van der Waals surface area contributed by atoms with Gasteiger partial charge in [0.2, 0.25) is 0 Å². The third-order valence-corrected chi connectivity index (χ3v) is 10.7. The Bertz CT molecular complexity index is 2120. The molecule has 3 heterocycles. The number of aromatic nitrogens is 3. The second kappa shape index (κ2) is 18.7. The highest BCUT2D eigenvalue weighted by Crippen LogP contribution is 2.38. The highest BCUT2D eigenvalue weighted by molar-refractivity contribution is 9.10. The molecular formula is C40H42BrClN6O6. The van der Waals surface area contributed by atoms with Crippen molar-refractivity contribution in [2.24, 2.45) is 0 Å². The number of halogens is 2. The van der Waals surface area contributed by atoms with E-state index in [2.05, 4.69) is 60.1 Å². The van der Waals surface area contributed by atoms with Crippen LogP contribution in [0.4, 0.5) is 0 Å². The number of carboxylic acid groups (broad SMARTS) is 1. The van der Waals surface area contributed by atoms with Crippen molar-refractivity contribution in [1.82, 2.24) is 25.0 Å². The first-order valence-electron chi connectivity index (χ1n) is 17.9. The van der Waals surface area contributed by atoms with Crippen LogP contribution in [0.1, 0.15) is 47.9 Å². The molecule has 2 atom stereocenters. The second-order valence-electron chi connectivity index (χ2n) is 13.3. The van der Waals surface area contributed by atoms with E-state index in [1.807, 2.05) is 24.4 Å². The summed E-state index contributed by atoms with van der Waals surface area (Å²) < 4.78 is 15.4. The lowest BCUT2D eigenvalue weighted by Crippen LogP contribution is -2.39. The zero-order chi connectivity index (χ0) is 38.0. The Morgan fingerprint density at radius 3 is 2.59 bits per heavy atom. The largest absolute Gasteiger partial charge is 0.488 e.